The fourth-order valence-corrected chi connectivity index (χ4v) is 0.883. The average molecular weight is 317 g/mol. The summed E-state index contributed by atoms with van der Waals surface area (Å²) in [5.41, 5.74) is 1.09. The molecule has 0 amide bonds. The second-order valence-corrected chi connectivity index (χ2v) is 1.96. The van der Waals surface area contributed by atoms with Crippen LogP contribution in [0.25, 0.3) is 10.9 Å². The monoisotopic (exact) mass is 317 g/mol. The molecule has 0 spiro atoms. The van der Waals surface area contributed by atoms with E-state index in [0.717, 1.165) is 10.9 Å². The fraction of sp³-hybridized carbons (Fsp3) is 0. The van der Waals surface area contributed by atoms with E-state index in [1.54, 1.807) is 0 Å². The third kappa shape index (κ3) is 1.90. The second kappa shape index (κ2) is 4.30. The Hall–Kier alpha value is -0.622. The number of para-hydroxylation sites is 1. The summed E-state index contributed by atoms with van der Waals surface area (Å²) in [6, 6.07) is 8.01. The van der Waals surface area contributed by atoms with Crippen molar-refractivity contribution in [2.75, 3.05) is 0 Å². The molecule has 2 nitrogen and oxygen atoms in total. The molecule has 0 fully saturated rings. The van der Waals surface area contributed by atoms with Gasteiger partial charge in [-0.15, -0.1) is 0 Å². The van der Waals surface area contributed by atoms with Gasteiger partial charge in [-0.3, -0.25) is 5.10 Å². The van der Waals surface area contributed by atoms with Crippen LogP contribution < -0.4 is 0 Å². The van der Waals surface area contributed by atoms with Gasteiger partial charge < -0.3 is 7.43 Å². The van der Waals surface area contributed by atoms with Crippen LogP contribution in [-0.2, 0) is 21.1 Å². The molecule has 3 heteroatoms. The summed E-state index contributed by atoms with van der Waals surface area (Å²) in [6.45, 7) is 0. The molecule has 0 atom stereocenters. The minimum Gasteiger partial charge on any atom is -0.358 e. The summed E-state index contributed by atoms with van der Waals surface area (Å²) in [5.74, 6) is 0. The quantitative estimate of drug-likeness (QED) is 0.740. The number of hydrogen-bond donors (Lipinski definition) is 1. The van der Waals surface area contributed by atoms with Gasteiger partial charge in [-0.1, -0.05) is 18.2 Å². The van der Waals surface area contributed by atoms with E-state index in [9.17, 15) is 0 Å². The molecule has 0 unspecified atom stereocenters. The Morgan fingerprint density at radius 2 is 1.91 bits per heavy atom. The molecule has 1 aromatic heterocycles. The molecule has 2 aromatic rings. The van der Waals surface area contributed by atoms with Crippen LogP contribution in [0.3, 0.4) is 0 Å². The van der Waals surface area contributed by atoms with E-state index in [1.807, 2.05) is 30.5 Å². The smallest absolute Gasteiger partial charge is 0.0650 e. The number of hydrogen-bond acceptors (Lipinski definition) is 1. The van der Waals surface area contributed by atoms with Gasteiger partial charge in [0.25, 0.3) is 0 Å². The predicted octanol–water partition coefficient (Wildman–Crippen LogP) is 2.01. The molecular formula is C8H9N2W-. The van der Waals surface area contributed by atoms with Crippen molar-refractivity contribution in [2.45, 2.75) is 0 Å². The molecule has 0 saturated carbocycles. The number of H-pyrrole nitrogens is 1. The Morgan fingerprint density at radius 1 is 1.18 bits per heavy atom. The summed E-state index contributed by atoms with van der Waals surface area (Å²) in [7, 11) is 0. The van der Waals surface area contributed by atoms with Crippen molar-refractivity contribution in [1.82, 2.24) is 10.2 Å². The first-order valence-corrected chi connectivity index (χ1v) is 2.85. The molecule has 0 saturated heterocycles. The first-order chi connectivity index (χ1) is 4.47. The Morgan fingerprint density at radius 3 is 2.64 bits per heavy atom. The van der Waals surface area contributed by atoms with Crippen LogP contribution >= 0.6 is 0 Å². The third-order valence-electron chi connectivity index (χ3n) is 1.35. The zero-order valence-electron chi connectivity index (χ0n) is 6.24. The zero-order chi connectivity index (χ0) is 6.10. The van der Waals surface area contributed by atoms with E-state index in [4.69, 9.17) is 0 Å². The van der Waals surface area contributed by atoms with Crippen LogP contribution in [0.15, 0.2) is 30.5 Å². The molecule has 2 rings (SSSR count). The van der Waals surface area contributed by atoms with Crippen molar-refractivity contribution in [3.05, 3.63) is 37.9 Å². The van der Waals surface area contributed by atoms with Crippen LogP contribution in [0.1, 0.15) is 0 Å². The fourth-order valence-electron chi connectivity index (χ4n) is 0.883. The second-order valence-electron chi connectivity index (χ2n) is 1.96. The van der Waals surface area contributed by atoms with Gasteiger partial charge >= 0.3 is 0 Å². The van der Waals surface area contributed by atoms with E-state index in [1.165, 1.54) is 0 Å². The maximum absolute atomic E-state index is 3.88. The normalized spacial score (nSPS) is 8.36. The van der Waals surface area contributed by atoms with Crippen LogP contribution in [0.4, 0.5) is 0 Å². The molecule has 0 radical (unpaired) electrons. The van der Waals surface area contributed by atoms with Crippen molar-refractivity contribution in [3.8, 4) is 0 Å². The predicted molar refractivity (Wildman–Crippen MR) is 42.5 cm³/mol. The number of nitrogens with one attached hydrogen (secondary N) is 1. The molecule has 0 aliphatic heterocycles. The van der Waals surface area contributed by atoms with Gasteiger partial charge in [0.2, 0.25) is 0 Å². The Balaban J connectivity index is 0.000000500. The Kier molecular flexibility index (Phi) is 4.05. The third-order valence-corrected chi connectivity index (χ3v) is 1.35. The number of aromatic amines is 1. The molecule has 1 heterocycles. The maximum Gasteiger partial charge on any atom is 0.0650 e. The van der Waals surface area contributed by atoms with Gasteiger partial charge in [0.1, 0.15) is 0 Å². The van der Waals surface area contributed by atoms with Gasteiger partial charge in [-0.25, -0.2) is 0 Å². The summed E-state index contributed by atoms with van der Waals surface area (Å²) in [5, 5.41) is 7.91. The number of aromatic nitrogens is 2. The molecule has 0 aliphatic rings. The minimum absolute atomic E-state index is 0. The molecule has 58 valence electrons. The summed E-state index contributed by atoms with van der Waals surface area (Å²) in [4.78, 5) is 0. The van der Waals surface area contributed by atoms with Gasteiger partial charge in [-0.05, 0) is 6.07 Å². The molecule has 1 aromatic carbocycles. The van der Waals surface area contributed by atoms with Gasteiger partial charge in [0, 0.05) is 26.5 Å². The first kappa shape index (κ1) is 10.4. The number of fused-ring (bicyclic) bond motifs is 1. The standard InChI is InChI=1S/C7H6N2.CH3.W/c1-2-4-7-6(3-1)5-8-9-7;;/h1-5H,(H,8,9);1H3;/q;-1;. The van der Waals surface area contributed by atoms with Gasteiger partial charge in [-0.2, -0.15) is 5.10 Å². The van der Waals surface area contributed by atoms with E-state index in [2.05, 4.69) is 10.2 Å². The van der Waals surface area contributed by atoms with Crippen LogP contribution in [0, 0.1) is 7.43 Å². The summed E-state index contributed by atoms with van der Waals surface area (Å²) < 4.78 is 0. The number of benzene rings is 1. The Labute approximate surface area is 80.3 Å². The molecule has 1 N–H and O–H groups in total. The number of rotatable bonds is 0. The maximum atomic E-state index is 3.88. The van der Waals surface area contributed by atoms with E-state index in [-0.39, 0.29) is 28.5 Å². The molecular weight excluding hydrogens is 308 g/mol. The van der Waals surface area contributed by atoms with Crippen molar-refractivity contribution in [3.63, 3.8) is 0 Å². The van der Waals surface area contributed by atoms with Crippen molar-refractivity contribution in [2.24, 2.45) is 0 Å². The minimum atomic E-state index is 0. The molecule has 0 bridgehead atoms. The topological polar surface area (TPSA) is 28.7 Å². The summed E-state index contributed by atoms with van der Waals surface area (Å²) in [6.07, 6.45) is 1.81. The molecule has 11 heavy (non-hydrogen) atoms. The van der Waals surface area contributed by atoms with Crippen molar-refractivity contribution >= 4 is 10.9 Å². The van der Waals surface area contributed by atoms with Crippen molar-refractivity contribution < 1.29 is 21.1 Å². The van der Waals surface area contributed by atoms with E-state index < -0.39 is 0 Å². The van der Waals surface area contributed by atoms with Crippen molar-refractivity contribution in [1.29, 1.82) is 0 Å². The average Bonchev–Trinajstić information content (AvgIpc) is 2.33. The van der Waals surface area contributed by atoms with Crippen LogP contribution in [-0.4, -0.2) is 10.2 Å². The molecule has 0 aliphatic carbocycles. The van der Waals surface area contributed by atoms with E-state index in [0.29, 0.717) is 0 Å². The van der Waals surface area contributed by atoms with E-state index >= 15 is 0 Å². The SMILES string of the molecule is [CH3-].[W].c1ccc2[nH]ncc2c1. The van der Waals surface area contributed by atoms with Crippen LogP contribution in [0.5, 0.6) is 0 Å². The van der Waals surface area contributed by atoms with Gasteiger partial charge in [0.05, 0.1) is 11.7 Å². The largest absolute Gasteiger partial charge is 0.358 e. The van der Waals surface area contributed by atoms with Crippen LogP contribution in [0.2, 0.25) is 0 Å². The summed E-state index contributed by atoms with van der Waals surface area (Å²) >= 11 is 0. The zero-order valence-corrected chi connectivity index (χ0v) is 9.18. The first-order valence-electron chi connectivity index (χ1n) is 2.85. The van der Waals surface area contributed by atoms with Gasteiger partial charge in [0.15, 0.2) is 0 Å². The Bertz CT molecular complexity index is 286. The number of nitrogens with zero attached hydrogens (tertiary/aromatic N) is 1.